The first-order valence-corrected chi connectivity index (χ1v) is 15.2. The molecule has 0 bridgehead atoms. The van der Waals surface area contributed by atoms with Crippen molar-refractivity contribution in [3.05, 3.63) is 12.7 Å². The number of halogens is 6. The van der Waals surface area contributed by atoms with E-state index in [-0.39, 0.29) is 19.6 Å². The van der Waals surface area contributed by atoms with Crippen LogP contribution < -0.4 is 0 Å². The van der Waals surface area contributed by atoms with Crippen molar-refractivity contribution in [2.24, 2.45) is 10.8 Å². The van der Waals surface area contributed by atoms with E-state index in [1.54, 1.807) is 0 Å². The molecule has 0 heterocycles. The van der Waals surface area contributed by atoms with E-state index in [2.05, 4.69) is 102 Å². The molecule has 0 N–H and O–H groups in total. The summed E-state index contributed by atoms with van der Waals surface area (Å²) in [7, 11) is -4.14. The Bertz CT molecular complexity index is 577. The third-order valence-electron chi connectivity index (χ3n) is 3.65. The zero-order chi connectivity index (χ0) is 23.1. The van der Waals surface area contributed by atoms with Gasteiger partial charge in [-0.1, -0.05) is 66.1 Å². The number of rotatable bonds is 14. The molecule has 0 aromatic heterocycles. The Kier molecular flexibility index (Phi) is 13.6. The number of carbonyl (C=O) groups is 1. The molecule has 0 aromatic carbocycles. The number of hydrogen-bond donors (Lipinski definition) is 0. The summed E-state index contributed by atoms with van der Waals surface area (Å²) >= 11 is 20.6. The van der Waals surface area contributed by atoms with E-state index in [0.717, 1.165) is 6.08 Å². The molecule has 172 valence electrons. The number of phosphoric acid groups is 1. The summed E-state index contributed by atoms with van der Waals surface area (Å²) in [6.07, 6.45) is 1.35. The SMILES string of the molecule is C=CC(=O)OCCCOP(=O)(OC(Br)(Br)C(C)(C)CBr)OC(Br)(Br)C(C)(C)CBr. The van der Waals surface area contributed by atoms with Crippen molar-refractivity contribution in [3.8, 4) is 0 Å². The van der Waals surface area contributed by atoms with E-state index < -0.39 is 31.5 Å². The lowest BCUT2D eigenvalue weighted by molar-refractivity contribution is -0.137. The second kappa shape index (κ2) is 12.6. The highest BCUT2D eigenvalue weighted by molar-refractivity contribution is 9.25. The van der Waals surface area contributed by atoms with Gasteiger partial charge in [0, 0.05) is 34.0 Å². The normalized spacial score (nSPS) is 14.0. The summed E-state index contributed by atoms with van der Waals surface area (Å²) in [5.41, 5.74) is -1.08. The fourth-order valence-corrected chi connectivity index (χ4v) is 7.76. The molecular formula is C16H25Br6O6P. The Balaban J connectivity index is 5.50. The van der Waals surface area contributed by atoms with Gasteiger partial charge in [0.15, 0.2) is 6.84 Å². The van der Waals surface area contributed by atoms with E-state index in [1.165, 1.54) is 0 Å². The quantitative estimate of drug-likeness (QED) is 0.0582. The second-order valence-corrected chi connectivity index (χ2v) is 16.5. The maximum absolute atomic E-state index is 13.6. The van der Waals surface area contributed by atoms with Crippen LogP contribution in [0.5, 0.6) is 0 Å². The van der Waals surface area contributed by atoms with Gasteiger partial charge in [-0.05, 0) is 63.7 Å². The van der Waals surface area contributed by atoms with Gasteiger partial charge in [0.1, 0.15) is 0 Å². The molecule has 0 rings (SSSR count). The Morgan fingerprint density at radius 2 is 1.34 bits per heavy atom. The first kappa shape index (κ1) is 31.2. The maximum atomic E-state index is 13.6. The van der Waals surface area contributed by atoms with E-state index in [4.69, 9.17) is 18.3 Å². The molecule has 0 spiro atoms. The van der Waals surface area contributed by atoms with Crippen molar-refractivity contribution in [3.63, 3.8) is 0 Å². The van der Waals surface area contributed by atoms with Gasteiger partial charge in [-0.2, -0.15) is 0 Å². The molecule has 0 atom stereocenters. The second-order valence-electron chi connectivity index (χ2n) is 7.26. The van der Waals surface area contributed by atoms with Crippen LogP contribution in [0.3, 0.4) is 0 Å². The molecule has 0 aromatic rings. The Morgan fingerprint density at radius 3 is 1.69 bits per heavy atom. The predicted molar refractivity (Wildman–Crippen MR) is 138 cm³/mol. The number of hydrogen-bond acceptors (Lipinski definition) is 6. The van der Waals surface area contributed by atoms with Gasteiger partial charge in [0.2, 0.25) is 0 Å². The first-order chi connectivity index (χ1) is 13.0. The number of alkyl halides is 6. The van der Waals surface area contributed by atoms with E-state index in [0.29, 0.717) is 10.7 Å². The molecule has 29 heavy (non-hydrogen) atoms. The highest BCUT2D eigenvalue weighted by Crippen LogP contribution is 2.65. The number of ether oxygens (including phenoxy) is 1. The summed E-state index contributed by atoms with van der Waals surface area (Å²) in [6.45, 7) is 10.9. The Morgan fingerprint density at radius 1 is 0.931 bits per heavy atom. The van der Waals surface area contributed by atoms with E-state index in [1.807, 2.05) is 27.7 Å². The minimum atomic E-state index is -4.14. The van der Waals surface area contributed by atoms with Crippen LogP contribution in [0.25, 0.3) is 0 Å². The lowest BCUT2D eigenvalue weighted by Crippen LogP contribution is -2.40. The summed E-state index contributed by atoms with van der Waals surface area (Å²) in [4.78, 5) is 11.1. The molecule has 0 fully saturated rings. The molecule has 0 amide bonds. The first-order valence-electron chi connectivity index (χ1n) is 8.32. The smallest absolute Gasteiger partial charge is 0.462 e. The van der Waals surface area contributed by atoms with Crippen LogP contribution >= 0.6 is 103 Å². The molecule has 0 saturated heterocycles. The van der Waals surface area contributed by atoms with Crippen LogP contribution in [0.2, 0.25) is 0 Å². The monoisotopic (exact) mass is 818 g/mol. The molecule has 0 aliphatic rings. The van der Waals surface area contributed by atoms with Crippen molar-refractivity contribution in [1.82, 2.24) is 0 Å². The van der Waals surface area contributed by atoms with Crippen molar-refractivity contribution >= 4 is 109 Å². The average molecular weight is 824 g/mol. The van der Waals surface area contributed by atoms with Gasteiger partial charge in [-0.25, -0.2) is 9.36 Å². The van der Waals surface area contributed by atoms with E-state index >= 15 is 0 Å². The van der Waals surface area contributed by atoms with Gasteiger partial charge < -0.3 is 4.74 Å². The molecule has 13 heteroatoms. The zero-order valence-electron chi connectivity index (χ0n) is 16.5. The zero-order valence-corrected chi connectivity index (χ0v) is 26.9. The Labute approximate surface area is 223 Å². The molecule has 0 aliphatic carbocycles. The van der Waals surface area contributed by atoms with Gasteiger partial charge >= 0.3 is 13.8 Å². The molecule has 0 radical (unpaired) electrons. The van der Waals surface area contributed by atoms with Crippen LogP contribution in [-0.2, 0) is 27.7 Å². The molecule has 0 unspecified atom stereocenters. The summed E-state index contributed by atoms with van der Waals surface area (Å²) in [5.74, 6) is -0.543. The highest BCUT2D eigenvalue weighted by atomic mass is 79.9. The summed E-state index contributed by atoms with van der Waals surface area (Å²) < 4.78 is 33.2. The number of esters is 1. The van der Waals surface area contributed by atoms with Gasteiger partial charge in [-0.15, -0.1) is 0 Å². The number of carbonyl (C=O) groups excluding carboxylic acids is 1. The third kappa shape index (κ3) is 9.92. The summed E-state index contributed by atoms with van der Waals surface area (Å²) in [6, 6.07) is 0. The molecule has 0 aliphatic heterocycles. The predicted octanol–water partition coefficient (Wildman–Crippen LogP) is 7.99. The Hall–Kier alpha value is 2.20. The van der Waals surface area contributed by atoms with Crippen molar-refractivity contribution < 1.29 is 27.7 Å². The lowest BCUT2D eigenvalue weighted by atomic mass is 9.98. The minimum Gasteiger partial charge on any atom is -0.462 e. The van der Waals surface area contributed by atoms with Gasteiger partial charge in [0.25, 0.3) is 0 Å². The molecule has 6 nitrogen and oxygen atoms in total. The van der Waals surface area contributed by atoms with Crippen LogP contribution in [-0.4, -0.2) is 36.7 Å². The highest BCUT2D eigenvalue weighted by Gasteiger charge is 2.53. The standard InChI is InChI=1S/C16H25Br6O6P/c1-6-12(23)25-8-7-9-26-29(24,27-15(19,20)13(2,3)10-17)28-16(21,22)14(4,5)11-18/h6H,1,7-11H2,2-5H3. The lowest BCUT2D eigenvalue weighted by Gasteiger charge is -2.41. The van der Waals surface area contributed by atoms with Crippen LogP contribution in [0.1, 0.15) is 34.1 Å². The van der Waals surface area contributed by atoms with Crippen LogP contribution in [0.4, 0.5) is 0 Å². The molecule has 0 saturated carbocycles. The van der Waals surface area contributed by atoms with Gasteiger partial charge in [0.05, 0.1) is 13.2 Å². The number of phosphoric ester groups is 1. The third-order valence-corrected chi connectivity index (χ3v) is 13.9. The van der Waals surface area contributed by atoms with Crippen molar-refractivity contribution in [2.45, 2.75) is 41.0 Å². The van der Waals surface area contributed by atoms with E-state index in [9.17, 15) is 9.36 Å². The van der Waals surface area contributed by atoms with Crippen molar-refractivity contribution in [1.29, 1.82) is 0 Å². The van der Waals surface area contributed by atoms with Crippen LogP contribution in [0.15, 0.2) is 12.7 Å². The largest absolute Gasteiger partial charge is 0.479 e. The fourth-order valence-electron chi connectivity index (χ4n) is 1.22. The van der Waals surface area contributed by atoms with Crippen molar-refractivity contribution in [2.75, 3.05) is 23.9 Å². The fraction of sp³-hybridized carbons (Fsp3) is 0.812. The average Bonchev–Trinajstić information content (AvgIpc) is 2.59. The summed E-state index contributed by atoms with van der Waals surface area (Å²) in [5, 5.41) is 1.04. The van der Waals surface area contributed by atoms with Crippen LogP contribution in [0, 0.1) is 10.8 Å². The topological polar surface area (TPSA) is 71.1 Å². The minimum absolute atomic E-state index is 0.0304. The molecular weight excluding hydrogens is 799 g/mol. The maximum Gasteiger partial charge on any atom is 0.479 e. The van der Waals surface area contributed by atoms with Gasteiger partial charge in [-0.3, -0.25) is 13.6 Å².